The van der Waals surface area contributed by atoms with Gasteiger partial charge in [-0.3, -0.25) is 9.32 Å². The predicted octanol–water partition coefficient (Wildman–Crippen LogP) is 3.28. The van der Waals surface area contributed by atoms with Crippen molar-refractivity contribution in [2.75, 3.05) is 11.1 Å². The highest BCUT2D eigenvalue weighted by Gasteiger charge is 2.24. The highest BCUT2D eigenvalue weighted by atomic mass is 35.5. The van der Waals surface area contributed by atoms with Crippen LogP contribution in [0, 0.1) is 0 Å². The van der Waals surface area contributed by atoms with Gasteiger partial charge in [0.25, 0.3) is 0 Å². The quantitative estimate of drug-likeness (QED) is 0.512. The highest BCUT2D eigenvalue weighted by molar-refractivity contribution is 7.99. The van der Waals surface area contributed by atoms with Gasteiger partial charge in [-0.05, 0) is 39.9 Å². The zero-order chi connectivity index (χ0) is 17.8. The lowest BCUT2D eigenvalue weighted by molar-refractivity contribution is -0.704. The third-order valence-corrected chi connectivity index (χ3v) is 4.57. The average molecular weight is 397 g/mol. The van der Waals surface area contributed by atoms with Gasteiger partial charge in [-0.1, -0.05) is 41.4 Å². The lowest BCUT2D eigenvalue weighted by Crippen LogP contribution is -2.36. The zero-order valence-corrected chi connectivity index (χ0v) is 15.0. The van der Waals surface area contributed by atoms with Crippen LogP contribution in [-0.2, 0) is 4.79 Å². The van der Waals surface area contributed by atoms with Crippen molar-refractivity contribution < 1.29 is 14.0 Å². The van der Waals surface area contributed by atoms with Crippen molar-refractivity contribution in [3.8, 4) is 5.69 Å². The lowest BCUT2D eigenvalue weighted by Gasteiger charge is -2.05. The molecule has 0 spiro atoms. The normalized spacial score (nSPS) is 10.6. The molecule has 0 bridgehead atoms. The molecular weight excluding hydrogens is 385 g/mol. The van der Waals surface area contributed by atoms with Gasteiger partial charge in [-0.25, -0.2) is 4.79 Å². The van der Waals surface area contributed by atoms with Gasteiger partial charge in [-0.15, -0.1) is 0 Å². The molecule has 0 aliphatic heterocycles. The van der Waals surface area contributed by atoms with Crippen molar-refractivity contribution in [2.24, 2.45) is 0 Å². The van der Waals surface area contributed by atoms with Gasteiger partial charge in [0.15, 0.2) is 0 Å². The maximum atomic E-state index is 12.1. The number of anilines is 1. The molecule has 2 N–H and O–H groups in total. The number of carbonyl (C=O) groups excluding carboxylic acids is 1. The number of amides is 1. The summed E-state index contributed by atoms with van der Waals surface area (Å²) >= 11 is 12.9. The number of hydrogen-bond acceptors (Lipinski definition) is 4. The molecule has 9 heteroatoms. The number of benzene rings is 2. The smallest absolute Gasteiger partial charge is 0.325 e. The van der Waals surface area contributed by atoms with Gasteiger partial charge in [0.2, 0.25) is 11.6 Å². The molecule has 0 radical (unpaired) electrons. The zero-order valence-electron chi connectivity index (χ0n) is 12.7. The largest absolute Gasteiger partial charge is 0.442 e. The number of H-pyrrole nitrogens is 1. The van der Waals surface area contributed by atoms with Crippen LogP contribution >= 0.6 is 35.0 Å². The molecule has 0 aliphatic carbocycles. The summed E-state index contributed by atoms with van der Waals surface area (Å²) in [7, 11) is 0. The molecule has 0 fully saturated rings. The average Bonchev–Trinajstić information content (AvgIpc) is 2.93. The highest BCUT2D eigenvalue weighted by Crippen LogP contribution is 2.22. The minimum absolute atomic E-state index is 0.0135. The Balaban J connectivity index is 1.71. The molecule has 3 rings (SSSR count). The Morgan fingerprint density at radius 2 is 1.84 bits per heavy atom. The van der Waals surface area contributed by atoms with Crippen LogP contribution in [0.5, 0.6) is 0 Å². The molecule has 0 aliphatic rings. The van der Waals surface area contributed by atoms with Crippen LogP contribution in [0.1, 0.15) is 0 Å². The second-order valence-corrected chi connectivity index (χ2v) is 6.79. The molecule has 128 valence electrons. The Kier molecular flexibility index (Phi) is 5.47. The summed E-state index contributed by atoms with van der Waals surface area (Å²) in [5.74, 6) is -0.289. The molecule has 0 saturated carbocycles. The fourth-order valence-electron chi connectivity index (χ4n) is 2.09. The summed E-state index contributed by atoms with van der Waals surface area (Å²) in [6.45, 7) is 0. The number of para-hydroxylation sites is 1. The molecule has 6 nitrogen and oxygen atoms in total. The molecule has 3 aromatic rings. The van der Waals surface area contributed by atoms with E-state index in [4.69, 9.17) is 27.7 Å². The summed E-state index contributed by atoms with van der Waals surface area (Å²) in [6.07, 6.45) is 0. The van der Waals surface area contributed by atoms with E-state index in [2.05, 4.69) is 10.6 Å². The fourth-order valence-corrected chi connectivity index (χ4v) is 3.39. The van der Waals surface area contributed by atoms with Crippen LogP contribution in [0.25, 0.3) is 5.69 Å². The Morgan fingerprint density at radius 1 is 1.16 bits per heavy atom. The van der Waals surface area contributed by atoms with Crippen molar-refractivity contribution in [2.45, 2.75) is 5.03 Å². The predicted molar refractivity (Wildman–Crippen MR) is 96.7 cm³/mol. The molecule has 1 amide bonds. The summed E-state index contributed by atoms with van der Waals surface area (Å²) < 4.78 is 6.31. The number of nitrogens with one attached hydrogen (secondary N) is 2. The van der Waals surface area contributed by atoms with Crippen LogP contribution in [0.2, 0.25) is 10.0 Å². The van der Waals surface area contributed by atoms with Crippen molar-refractivity contribution >= 4 is 46.6 Å². The van der Waals surface area contributed by atoms with E-state index < -0.39 is 5.63 Å². The van der Waals surface area contributed by atoms with Gasteiger partial charge >= 0.3 is 10.7 Å². The number of rotatable bonds is 5. The van der Waals surface area contributed by atoms with Crippen LogP contribution in [0.15, 0.2) is 62.9 Å². The summed E-state index contributed by atoms with van der Waals surface area (Å²) in [6, 6.07) is 13.9. The van der Waals surface area contributed by atoms with Gasteiger partial charge in [0.1, 0.15) is 0 Å². The first kappa shape index (κ1) is 17.6. The van der Waals surface area contributed by atoms with Crippen LogP contribution in [0.4, 0.5) is 5.69 Å². The van der Waals surface area contributed by atoms with E-state index in [1.54, 1.807) is 18.2 Å². The number of nitrogens with zero attached hydrogens (tertiary/aromatic N) is 1. The van der Waals surface area contributed by atoms with Crippen LogP contribution < -0.4 is 15.6 Å². The van der Waals surface area contributed by atoms with Crippen molar-refractivity contribution in [3.63, 3.8) is 0 Å². The second kappa shape index (κ2) is 7.77. The van der Waals surface area contributed by atoms with E-state index in [1.807, 2.05) is 30.3 Å². The number of hydrogen-bond donors (Lipinski definition) is 2. The molecule has 1 heterocycles. The molecule has 25 heavy (non-hydrogen) atoms. The van der Waals surface area contributed by atoms with E-state index in [0.29, 0.717) is 15.7 Å². The summed E-state index contributed by atoms with van der Waals surface area (Å²) in [5.41, 5.74) is 0.658. The minimum atomic E-state index is -0.549. The van der Waals surface area contributed by atoms with E-state index in [0.717, 1.165) is 17.4 Å². The number of thioether (sulfide) groups is 1. The molecule has 0 saturated heterocycles. The maximum Gasteiger partial charge on any atom is 0.442 e. The van der Waals surface area contributed by atoms with E-state index in [-0.39, 0.29) is 16.7 Å². The number of aromatic amines is 1. The van der Waals surface area contributed by atoms with E-state index >= 15 is 0 Å². The number of aromatic nitrogens is 2. The van der Waals surface area contributed by atoms with E-state index in [9.17, 15) is 9.59 Å². The minimum Gasteiger partial charge on any atom is -0.325 e. The van der Waals surface area contributed by atoms with Gasteiger partial charge in [0.05, 0.1) is 5.75 Å². The molecule has 1 aromatic heterocycles. The number of carbonyl (C=O) groups is 1. The Labute approximate surface area is 156 Å². The Bertz CT molecular complexity index is 937. The molecule has 2 aromatic carbocycles. The van der Waals surface area contributed by atoms with Crippen LogP contribution in [0.3, 0.4) is 0 Å². The third kappa shape index (κ3) is 4.45. The van der Waals surface area contributed by atoms with Crippen LogP contribution in [-0.4, -0.2) is 16.9 Å². The second-order valence-electron chi connectivity index (χ2n) is 4.95. The third-order valence-electron chi connectivity index (χ3n) is 3.11. The van der Waals surface area contributed by atoms with Crippen molar-refractivity contribution in [1.29, 1.82) is 0 Å². The Hall–Kier alpha value is -2.22. The SMILES string of the molecule is O=C(CSc1c(=O)o[nH][n+]1-c1ccccc1)Nc1cc(Cl)cc(Cl)c1. The molecular formula is C16H12Cl2N3O3S+. The lowest BCUT2D eigenvalue weighted by atomic mass is 10.3. The monoisotopic (exact) mass is 396 g/mol. The van der Waals surface area contributed by atoms with Crippen molar-refractivity contribution in [3.05, 3.63) is 69.0 Å². The first-order valence-electron chi connectivity index (χ1n) is 7.10. The number of halogens is 2. The summed E-state index contributed by atoms with van der Waals surface area (Å²) in [5, 5.41) is 6.31. The van der Waals surface area contributed by atoms with Gasteiger partial charge in [-0.2, -0.15) is 0 Å². The fraction of sp³-hybridized carbons (Fsp3) is 0.0625. The van der Waals surface area contributed by atoms with Gasteiger partial charge < -0.3 is 5.32 Å². The first-order chi connectivity index (χ1) is 12.0. The topological polar surface area (TPSA) is 79.0 Å². The Morgan fingerprint density at radius 3 is 2.52 bits per heavy atom. The standard InChI is InChI=1S/C16H11Cl2N3O3S/c17-10-6-11(18)8-12(7-10)19-14(22)9-25-15-16(23)24-20-21(15)13-4-2-1-3-5-13/h1-8H,9H2,(H-,19,20,22,23)/p+1. The maximum absolute atomic E-state index is 12.1. The molecule has 0 atom stereocenters. The van der Waals surface area contributed by atoms with E-state index in [1.165, 1.54) is 4.68 Å². The van der Waals surface area contributed by atoms with Crippen molar-refractivity contribution in [1.82, 2.24) is 5.27 Å². The summed E-state index contributed by atoms with van der Waals surface area (Å²) in [4.78, 5) is 24.0. The first-order valence-corrected chi connectivity index (χ1v) is 8.85. The van der Waals surface area contributed by atoms with Gasteiger partial charge in [0, 0.05) is 27.9 Å². The molecule has 0 unspecified atom stereocenters.